The zero-order valence-corrected chi connectivity index (χ0v) is 9.76. The quantitative estimate of drug-likeness (QED) is 0.788. The van der Waals surface area contributed by atoms with Crippen molar-refractivity contribution in [1.29, 1.82) is 0 Å². The number of carbonyl (C=O) groups excluding carboxylic acids is 1. The van der Waals surface area contributed by atoms with Crippen molar-refractivity contribution >= 4 is 17.4 Å². The fourth-order valence-electron chi connectivity index (χ4n) is 1.04. The molecular formula is C10H13N3OS. The van der Waals surface area contributed by atoms with Gasteiger partial charge in [-0.2, -0.15) is 0 Å². The monoisotopic (exact) mass is 223 g/mol. The summed E-state index contributed by atoms with van der Waals surface area (Å²) in [6.45, 7) is 5.69. The molecule has 1 N–H and O–H groups in total. The highest BCUT2D eigenvalue weighted by Gasteiger charge is 2.19. The molecule has 1 aromatic heterocycles. The van der Waals surface area contributed by atoms with E-state index in [1.807, 2.05) is 13.8 Å². The van der Waals surface area contributed by atoms with Crippen LogP contribution in [0, 0.1) is 12.3 Å². The van der Waals surface area contributed by atoms with Crippen LogP contribution < -0.4 is 5.32 Å². The molecule has 0 aliphatic carbocycles. The SMILES string of the molecule is C#CC(C)NC(=O)c1snnc1C(C)C. The summed E-state index contributed by atoms with van der Waals surface area (Å²) in [5.74, 6) is 2.43. The van der Waals surface area contributed by atoms with Crippen LogP contribution in [0.5, 0.6) is 0 Å². The average molecular weight is 223 g/mol. The van der Waals surface area contributed by atoms with Crippen molar-refractivity contribution in [3.8, 4) is 12.3 Å². The van der Waals surface area contributed by atoms with Gasteiger partial charge in [0.1, 0.15) is 4.88 Å². The van der Waals surface area contributed by atoms with Crippen molar-refractivity contribution in [2.45, 2.75) is 32.7 Å². The van der Waals surface area contributed by atoms with Crippen LogP contribution in [0.1, 0.15) is 42.1 Å². The molecule has 0 radical (unpaired) electrons. The summed E-state index contributed by atoms with van der Waals surface area (Å²) in [7, 11) is 0. The summed E-state index contributed by atoms with van der Waals surface area (Å²) in [6, 6.07) is -0.278. The lowest BCUT2D eigenvalue weighted by Gasteiger charge is -2.07. The van der Waals surface area contributed by atoms with Crippen LogP contribution >= 0.6 is 11.5 Å². The largest absolute Gasteiger partial charge is 0.338 e. The number of nitrogens with zero attached hydrogens (tertiary/aromatic N) is 2. The van der Waals surface area contributed by atoms with Gasteiger partial charge in [0.15, 0.2) is 0 Å². The first kappa shape index (κ1) is 11.7. The Labute approximate surface area is 93.3 Å². The van der Waals surface area contributed by atoms with Gasteiger partial charge in [0.2, 0.25) is 0 Å². The Kier molecular flexibility index (Phi) is 3.81. The summed E-state index contributed by atoms with van der Waals surface area (Å²) >= 11 is 1.10. The maximum absolute atomic E-state index is 11.7. The van der Waals surface area contributed by atoms with Crippen molar-refractivity contribution in [3.63, 3.8) is 0 Å². The zero-order chi connectivity index (χ0) is 11.4. The number of nitrogens with one attached hydrogen (secondary N) is 1. The molecule has 1 amide bonds. The molecule has 1 unspecified atom stereocenters. The first-order valence-electron chi connectivity index (χ1n) is 4.65. The number of hydrogen-bond donors (Lipinski definition) is 1. The van der Waals surface area contributed by atoms with Crippen molar-refractivity contribution < 1.29 is 4.79 Å². The second-order valence-corrected chi connectivity index (χ2v) is 4.26. The van der Waals surface area contributed by atoms with E-state index in [0.717, 1.165) is 17.2 Å². The Morgan fingerprint density at radius 2 is 2.20 bits per heavy atom. The number of carbonyl (C=O) groups is 1. The predicted molar refractivity (Wildman–Crippen MR) is 59.8 cm³/mol. The summed E-state index contributed by atoms with van der Waals surface area (Å²) in [4.78, 5) is 12.3. The van der Waals surface area contributed by atoms with Crippen LogP contribution in [0.3, 0.4) is 0 Å². The lowest BCUT2D eigenvalue weighted by atomic mass is 10.1. The highest BCUT2D eigenvalue weighted by Crippen LogP contribution is 2.19. The Balaban J connectivity index is 2.83. The van der Waals surface area contributed by atoms with E-state index in [4.69, 9.17) is 6.42 Å². The molecule has 0 spiro atoms. The third kappa shape index (κ3) is 2.77. The predicted octanol–water partition coefficient (Wildman–Crippen LogP) is 1.41. The van der Waals surface area contributed by atoms with Gasteiger partial charge < -0.3 is 5.32 Å². The van der Waals surface area contributed by atoms with E-state index in [-0.39, 0.29) is 17.9 Å². The minimum Gasteiger partial charge on any atom is -0.338 e. The molecular weight excluding hydrogens is 210 g/mol. The van der Waals surface area contributed by atoms with Gasteiger partial charge in [-0.3, -0.25) is 4.79 Å². The maximum Gasteiger partial charge on any atom is 0.265 e. The van der Waals surface area contributed by atoms with Gasteiger partial charge >= 0.3 is 0 Å². The Hall–Kier alpha value is -1.41. The molecule has 0 bridgehead atoms. The average Bonchev–Trinajstić information content (AvgIpc) is 2.65. The fraction of sp³-hybridized carbons (Fsp3) is 0.500. The lowest BCUT2D eigenvalue weighted by Crippen LogP contribution is -2.31. The molecule has 0 aliphatic heterocycles. The van der Waals surface area contributed by atoms with E-state index in [1.165, 1.54) is 0 Å². The van der Waals surface area contributed by atoms with E-state index in [1.54, 1.807) is 6.92 Å². The Bertz CT molecular complexity index is 392. The van der Waals surface area contributed by atoms with Crippen LogP contribution in [-0.4, -0.2) is 21.5 Å². The molecule has 0 aliphatic rings. The minimum atomic E-state index is -0.278. The second-order valence-electron chi connectivity index (χ2n) is 3.50. The number of aromatic nitrogens is 2. The summed E-state index contributed by atoms with van der Waals surface area (Å²) in [6.07, 6.45) is 5.18. The topological polar surface area (TPSA) is 54.9 Å². The number of amides is 1. The van der Waals surface area contributed by atoms with E-state index in [9.17, 15) is 4.79 Å². The number of rotatable bonds is 3. The molecule has 4 nitrogen and oxygen atoms in total. The Morgan fingerprint density at radius 1 is 1.53 bits per heavy atom. The summed E-state index contributed by atoms with van der Waals surface area (Å²) < 4.78 is 3.78. The van der Waals surface area contributed by atoms with Crippen molar-refractivity contribution in [1.82, 2.24) is 14.9 Å². The van der Waals surface area contributed by atoms with Gasteiger partial charge in [-0.1, -0.05) is 24.3 Å². The van der Waals surface area contributed by atoms with E-state index in [2.05, 4.69) is 20.8 Å². The van der Waals surface area contributed by atoms with Gasteiger partial charge in [0.25, 0.3) is 5.91 Å². The maximum atomic E-state index is 11.7. The van der Waals surface area contributed by atoms with Crippen LogP contribution in [-0.2, 0) is 0 Å². The third-order valence-electron chi connectivity index (χ3n) is 1.86. The molecule has 1 heterocycles. The van der Waals surface area contributed by atoms with Crippen LogP contribution in [0.25, 0.3) is 0 Å². The van der Waals surface area contributed by atoms with Gasteiger partial charge in [0.05, 0.1) is 11.7 Å². The van der Waals surface area contributed by atoms with Crippen LogP contribution in [0.4, 0.5) is 0 Å². The molecule has 80 valence electrons. The van der Waals surface area contributed by atoms with Crippen molar-refractivity contribution in [2.24, 2.45) is 0 Å². The smallest absolute Gasteiger partial charge is 0.265 e. The van der Waals surface area contributed by atoms with Gasteiger partial charge in [0, 0.05) is 0 Å². The molecule has 5 heteroatoms. The van der Waals surface area contributed by atoms with Crippen molar-refractivity contribution in [2.75, 3.05) is 0 Å². The molecule has 1 aromatic rings. The summed E-state index contributed by atoms with van der Waals surface area (Å²) in [5.41, 5.74) is 0.724. The van der Waals surface area contributed by atoms with Crippen LogP contribution in [0.15, 0.2) is 0 Å². The van der Waals surface area contributed by atoms with Crippen molar-refractivity contribution in [3.05, 3.63) is 10.6 Å². The molecule has 0 aromatic carbocycles. The first-order valence-corrected chi connectivity index (χ1v) is 5.42. The standard InChI is InChI=1S/C10H13N3OS/c1-5-7(4)11-10(14)9-8(6(2)3)12-13-15-9/h1,6-7H,2-4H3,(H,11,14). The van der Waals surface area contributed by atoms with Crippen LogP contribution in [0.2, 0.25) is 0 Å². The second kappa shape index (κ2) is 4.89. The highest BCUT2D eigenvalue weighted by atomic mass is 32.1. The molecule has 0 saturated carbocycles. The first-order chi connectivity index (χ1) is 7.06. The molecule has 1 rings (SSSR count). The number of hydrogen-bond acceptors (Lipinski definition) is 4. The molecule has 15 heavy (non-hydrogen) atoms. The summed E-state index contributed by atoms with van der Waals surface area (Å²) in [5, 5.41) is 6.61. The van der Waals surface area contributed by atoms with E-state index in [0.29, 0.717) is 4.88 Å². The highest BCUT2D eigenvalue weighted by molar-refractivity contribution is 7.08. The minimum absolute atomic E-state index is 0.186. The van der Waals surface area contributed by atoms with E-state index >= 15 is 0 Å². The normalized spacial score (nSPS) is 12.2. The molecule has 0 fully saturated rings. The molecule has 0 saturated heterocycles. The van der Waals surface area contributed by atoms with E-state index < -0.39 is 0 Å². The van der Waals surface area contributed by atoms with Gasteiger partial charge in [-0.05, 0) is 24.4 Å². The lowest BCUT2D eigenvalue weighted by molar-refractivity contribution is 0.0950. The zero-order valence-electron chi connectivity index (χ0n) is 8.94. The molecule has 1 atom stereocenters. The van der Waals surface area contributed by atoms with Gasteiger partial charge in [-0.15, -0.1) is 11.5 Å². The third-order valence-corrected chi connectivity index (χ3v) is 2.60. The number of terminal acetylenes is 1. The Morgan fingerprint density at radius 3 is 2.73 bits per heavy atom. The fourth-order valence-corrected chi connectivity index (χ4v) is 1.76. The van der Waals surface area contributed by atoms with Gasteiger partial charge in [-0.25, -0.2) is 0 Å².